The molecule has 2 aromatic heterocycles. The predicted molar refractivity (Wildman–Crippen MR) is 238 cm³/mol. The van der Waals surface area contributed by atoms with E-state index in [1.54, 1.807) is 27.7 Å². The van der Waals surface area contributed by atoms with E-state index in [1.165, 1.54) is 60.9 Å². The van der Waals surface area contributed by atoms with Crippen LogP contribution in [0.3, 0.4) is 0 Å². The van der Waals surface area contributed by atoms with E-state index in [-0.39, 0.29) is 60.6 Å². The molecule has 20 heteroatoms. The zero-order valence-electron chi connectivity index (χ0n) is 31.6. The first-order chi connectivity index (χ1) is 27.0. The second-order valence-electron chi connectivity index (χ2n) is 13.2. The van der Waals surface area contributed by atoms with E-state index in [4.69, 9.17) is 27.6 Å². The minimum absolute atomic E-state index is 0.0637. The van der Waals surface area contributed by atoms with Crippen molar-refractivity contribution < 1.29 is 40.7 Å². The number of hydrogen-bond donors (Lipinski definition) is 4. The van der Waals surface area contributed by atoms with Crippen molar-refractivity contribution in [3.63, 3.8) is 0 Å². The zero-order valence-corrected chi connectivity index (χ0v) is 40.2. The summed E-state index contributed by atoms with van der Waals surface area (Å²) in [5.41, 5.74) is -6.83. The van der Waals surface area contributed by atoms with E-state index >= 15 is 0 Å². The predicted octanol–water partition coefficient (Wildman–Crippen LogP) is 12.5. The van der Waals surface area contributed by atoms with Gasteiger partial charge in [-0.2, -0.15) is 32.8 Å². The van der Waals surface area contributed by atoms with Crippen LogP contribution in [-0.4, -0.2) is 47.7 Å². The maximum atomic E-state index is 14.5. The molecule has 0 bridgehead atoms. The van der Waals surface area contributed by atoms with Gasteiger partial charge in [0.05, 0.1) is 32.0 Å². The topological polar surface area (TPSA) is 113 Å². The number of nitrogens with zero attached hydrogens (tertiary/aromatic N) is 1. The first-order valence-corrected chi connectivity index (χ1v) is 31.2. The van der Waals surface area contributed by atoms with Gasteiger partial charge in [0.25, 0.3) is 11.1 Å². The Balaban J connectivity index is 0.000000268. The molecule has 0 fully saturated rings. The van der Waals surface area contributed by atoms with Gasteiger partial charge >= 0.3 is 77.2 Å². The minimum atomic E-state index is -4.75. The molecule has 2 unspecified atom stereocenters. The third kappa shape index (κ3) is 11.3. The summed E-state index contributed by atoms with van der Waals surface area (Å²) in [4.78, 5) is 32.1. The normalized spacial score (nSPS) is 17.6. The Hall–Kier alpha value is -2.01. The third-order valence-corrected chi connectivity index (χ3v) is 8.86. The molecule has 6 rings (SSSR count). The number of anilines is 4. The molecular weight excluding hydrogens is 1170 g/mol. The van der Waals surface area contributed by atoms with Gasteiger partial charge in [-0.3, -0.25) is 9.59 Å². The number of alkyl halides is 6. The average molecular weight is 1210 g/mol. The summed E-state index contributed by atoms with van der Waals surface area (Å²) < 4.78 is 97.4. The fraction of sp³-hybridized carbons (Fsp3) is 0.368. The van der Waals surface area contributed by atoms with Crippen LogP contribution in [0.15, 0.2) is 70.5 Å². The van der Waals surface area contributed by atoms with Crippen LogP contribution in [0.4, 0.5) is 54.8 Å². The van der Waals surface area contributed by atoms with Crippen LogP contribution in [0.25, 0.3) is 4.85 Å². The molecule has 4 aromatic rings. The van der Waals surface area contributed by atoms with E-state index in [9.17, 15) is 35.9 Å². The summed E-state index contributed by atoms with van der Waals surface area (Å²) in [5.74, 6) is 0. The quantitative estimate of drug-likeness (QED) is 0.0869. The van der Waals surface area contributed by atoms with Gasteiger partial charge in [0, 0.05) is 39.9 Å². The average Bonchev–Trinajstić information content (AvgIpc) is 3.12. The SMILES string of the molecule is CC(C)OCC1(C(F)(F)F)c2cc(Cl)ccc2Nc2c1cc[nH]c2=O.[C-]#[N+]c1ccc2c(c1)C(COC(C)C)(C(F)(F)F)c1cc[nH]c(=O)c1N2.[CH2-]CC.[I][V]([I])[I]. The van der Waals surface area contributed by atoms with E-state index in [1.807, 2.05) is 6.92 Å². The van der Waals surface area contributed by atoms with E-state index in [0.29, 0.717) is 0 Å². The van der Waals surface area contributed by atoms with Crippen LogP contribution in [0.1, 0.15) is 63.3 Å². The van der Waals surface area contributed by atoms with Crippen LogP contribution in [0.5, 0.6) is 0 Å². The number of benzene rings is 2. The molecule has 2 atom stereocenters. The number of aromatic amines is 2. The Morgan fingerprint density at radius 2 is 1.14 bits per heavy atom. The molecule has 316 valence electrons. The molecule has 0 spiro atoms. The van der Waals surface area contributed by atoms with Crippen molar-refractivity contribution in [2.24, 2.45) is 0 Å². The van der Waals surface area contributed by atoms with Gasteiger partial charge in [0.2, 0.25) is 0 Å². The summed E-state index contributed by atoms with van der Waals surface area (Å²) in [7, 11) is 0. The molecule has 0 saturated carbocycles. The fourth-order valence-electron chi connectivity index (χ4n) is 6.19. The molecule has 4 heterocycles. The second-order valence-corrected chi connectivity index (χ2v) is 49.0. The summed E-state index contributed by atoms with van der Waals surface area (Å²) in [6.45, 7) is 17.9. The van der Waals surface area contributed by atoms with Crippen LogP contribution in [-0.2, 0) is 25.2 Å². The van der Waals surface area contributed by atoms with E-state index < -0.39 is 59.7 Å². The first-order valence-electron chi connectivity index (χ1n) is 17.3. The Morgan fingerprint density at radius 3 is 1.50 bits per heavy atom. The van der Waals surface area contributed by atoms with Gasteiger partial charge in [-0.1, -0.05) is 24.6 Å². The number of fused-ring (bicyclic) bond motifs is 4. The van der Waals surface area contributed by atoms with Crippen molar-refractivity contribution in [1.29, 1.82) is 0 Å². The summed E-state index contributed by atoms with van der Waals surface area (Å²) in [6, 6.07) is 10.7. The number of pyridine rings is 2. The van der Waals surface area contributed by atoms with E-state index in [0.717, 1.165) is 6.42 Å². The summed E-state index contributed by atoms with van der Waals surface area (Å²) >= 11 is 13.4. The monoisotopic (exact) mass is 1210 g/mol. The maximum absolute atomic E-state index is 14.5. The van der Waals surface area contributed by atoms with Crippen molar-refractivity contribution in [3.05, 3.63) is 127 Å². The Labute approximate surface area is 374 Å². The molecule has 2 aliphatic rings. The van der Waals surface area contributed by atoms with Crippen molar-refractivity contribution in [1.82, 2.24) is 9.97 Å². The number of ether oxygens (including phenoxy) is 2. The standard InChI is InChI=1S/C18H16F3N3O2.C17H16ClF3N2O2.C3H7.3HI.V/c1-10(2)26-9-17(18(19,20)21)12-6-7-23-16(25)15(12)24-14-5-4-11(22-3)8-13(14)17;1-9(2)25-8-16(17(19,20)21)11-5-6-22-15(24)14(11)23-13-4-3-10(18)7-12(13)16;1-3-2;;;;/h4-8,10,24H,9H2,1-2H3,(H,23,25);3-7,9,23H,8H2,1-2H3,(H,22,24);1,3H2,2H3;3*1H;/q;;-1;;;;+3/p-3. The molecule has 0 amide bonds. The van der Waals surface area contributed by atoms with Crippen molar-refractivity contribution >= 4 is 100.0 Å². The number of hydrogen-bond acceptors (Lipinski definition) is 6. The zero-order chi connectivity index (χ0) is 43.8. The summed E-state index contributed by atoms with van der Waals surface area (Å²) in [5, 5.41) is 5.74. The van der Waals surface area contributed by atoms with Crippen LogP contribution >= 0.6 is 71.5 Å². The fourth-order valence-corrected chi connectivity index (χ4v) is 6.36. The van der Waals surface area contributed by atoms with Crippen LogP contribution in [0.2, 0.25) is 5.02 Å². The Morgan fingerprint density at radius 1 is 0.759 bits per heavy atom. The second kappa shape index (κ2) is 21.2. The molecule has 0 radical (unpaired) electrons. The third-order valence-electron chi connectivity index (χ3n) is 8.63. The van der Waals surface area contributed by atoms with E-state index in [2.05, 4.69) is 92.3 Å². The molecular formula is C38H39ClF6I3N5O4V-. The van der Waals surface area contributed by atoms with Gasteiger partial charge in [-0.25, -0.2) is 4.85 Å². The number of nitrogens with one attached hydrogen (secondary N) is 4. The molecule has 0 saturated heterocycles. The molecule has 58 heavy (non-hydrogen) atoms. The molecule has 2 aliphatic heterocycles. The Kier molecular flexibility index (Phi) is 18.4. The first kappa shape index (κ1) is 50.4. The van der Waals surface area contributed by atoms with Crippen LogP contribution in [0, 0.1) is 13.5 Å². The number of aromatic nitrogens is 2. The van der Waals surface area contributed by atoms with Gasteiger partial charge in [-0.05, 0) is 81.3 Å². The number of halogens is 10. The number of rotatable bonds is 6. The van der Waals surface area contributed by atoms with Crippen LogP contribution < -0.4 is 21.8 Å². The van der Waals surface area contributed by atoms with Gasteiger partial charge in [0.1, 0.15) is 22.2 Å². The van der Waals surface area contributed by atoms with Gasteiger partial charge in [0.15, 0.2) is 5.69 Å². The molecule has 0 aliphatic carbocycles. The molecule has 2 aromatic carbocycles. The van der Waals surface area contributed by atoms with Gasteiger partial charge < -0.3 is 37.0 Å². The summed E-state index contributed by atoms with van der Waals surface area (Å²) in [6.07, 6.45) is -6.92. The molecule has 9 nitrogen and oxygen atoms in total. The van der Waals surface area contributed by atoms with Crippen molar-refractivity contribution in [2.75, 3.05) is 23.8 Å². The van der Waals surface area contributed by atoms with Gasteiger partial charge in [-0.15, -0.1) is 0 Å². The van der Waals surface area contributed by atoms with Crippen molar-refractivity contribution in [3.8, 4) is 0 Å². The Bertz CT molecular complexity index is 2200. The number of H-pyrrole nitrogens is 2. The van der Waals surface area contributed by atoms with Crippen molar-refractivity contribution in [2.45, 2.75) is 76.4 Å². The molecule has 4 N–H and O–H groups in total.